The van der Waals surface area contributed by atoms with Crippen LogP contribution in [0.4, 0.5) is 11.6 Å². The highest BCUT2D eigenvalue weighted by Crippen LogP contribution is 2.37. The minimum absolute atomic E-state index is 0.157. The molecule has 4 rings (SSSR count). The van der Waals surface area contributed by atoms with Gasteiger partial charge in [-0.2, -0.15) is 0 Å². The average molecular weight is 459 g/mol. The minimum atomic E-state index is -0.162. The lowest BCUT2D eigenvalue weighted by Crippen LogP contribution is -2.31. The molecular formula is C24H34N4O5. The number of hydrogen-bond donors (Lipinski definition) is 2. The smallest absolute Gasteiger partial charge is 0.220 e. The Kier molecular flexibility index (Phi) is 7.97. The Labute approximate surface area is 194 Å². The summed E-state index contributed by atoms with van der Waals surface area (Å²) >= 11 is 0. The maximum absolute atomic E-state index is 10.7. The summed E-state index contributed by atoms with van der Waals surface area (Å²) in [6, 6.07) is 7.49. The topological polar surface area (TPSA) is 112 Å². The van der Waals surface area contributed by atoms with Crippen LogP contribution in [0.2, 0.25) is 0 Å². The molecule has 1 aliphatic heterocycles. The maximum atomic E-state index is 10.7. The highest BCUT2D eigenvalue weighted by Gasteiger charge is 2.35. The normalized spacial score (nSPS) is 21.6. The largest absolute Gasteiger partial charge is 0.507 e. The molecule has 1 aromatic heterocycles. The van der Waals surface area contributed by atoms with Crippen molar-refractivity contribution in [3.8, 4) is 17.0 Å². The van der Waals surface area contributed by atoms with E-state index in [0.29, 0.717) is 30.3 Å². The highest BCUT2D eigenvalue weighted by atomic mass is 16.7. The van der Waals surface area contributed by atoms with Crippen molar-refractivity contribution in [1.29, 1.82) is 0 Å². The standard InChI is InChI=1S/C24H34N4O5/c1-30-14-32-22-12-28(13-23(22)33-15-31-2)17-8-9-21(29)18(10-17)20-11-19(26-24(25)27-20)16-6-4-3-5-7-16/h8-11,16,22-23,29H,3-7,12-15H2,1-2H3,(H2,25,26,27)/t22-,23-/m0/s1. The summed E-state index contributed by atoms with van der Waals surface area (Å²) in [7, 11) is 3.19. The lowest BCUT2D eigenvalue weighted by atomic mass is 9.86. The molecule has 0 unspecified atom stereocenters. The Hall–Kier alpha value is -2.46. The van der Waals surface area contributed by atoms with Gasteiger partial charge in [-0.1, -0.05) is 19.3 Å². The number of anilines is 2. The van der Waals surface area contributed by atoms with Crippen molar-refractivity contribution in [3.63, 3.8) is 0 Å². The van der Waals surface area contributed by atoms with Gasteiger partial charge in [0.05, 0.1) is 5.69 Å². The summed E-state index contributed by atoms with van der Waals surface area (Å²) in [5.41, 5.74) is 9.25. The molecule has 0 amide bonds. The van der Waals surface area contributed by atoms with Gasteiger partial charge < -0.3 is 34.7 Å². The Morgan fingerprint density at radius 3 is 2.27 bits per heavy atom. The summed E-state index contributed by atoms with van der Waals surface area (Å²) in [6.45, 7) is 1.63. The number of nitrogens with zero attached hydrogens (tertiary/aromatic N) is 3. The van der Waals surface area contributed by atoms with E-state index in [0.717, 1.165) is 24.2 Å². The molecule has 1 saturated heterocycles. The van der Waals surface area contributed by atoms with Crippen LogP contribution in [0.1, 0.15) is 43.7 Å². The third-order valence-electron chi connectivity index (χ3n) is 6.42. The molecule has 1 aliphatic carbocycles. The van der Waals surface area contributed by atoms with Crippen LogP contribution in [0.3, 0.4) is 0 Å². The van der Waals surface area contributed by atoms with Crippen molar-refractivity contribution in [1.82, 2.24) is 9.97 Å². The molecule has 33 heavy (non-hydrogen) atoms. The van der Waals surface area contributed by atoms with Crippen molar-refractivity contribution in [2.24, 2.45) is 0 Å². The zero-order valence-corrected chi connectivity index (χ0v) is 19.4. The van der Waals surface area contributed by atoms with Crippen LogP contribution in [0.25, 0.3) is 11.3 Å². The summed E-state index contributed by atoms with van der Waals surface area (Å²) < 4.78 is 21.8. The van der Waals surface area contributed by atoms with Gasteiger partial charge in [-0.05, 0) is 37.1 Å². The van der Waals surface area contributed by atoms with Crippen LogP contribution in [-0.2, 0) is 18.9 Å². The van der Waals surface area contributed by atoms with Gasteiger partial charge in [0.25, 0.3) is 0 Å². The molecule has 0 bridgehead atoms. The van der Waals surface area contributed by atoms with E-state index in [1.165, 1.54) is 19.3 Å². The first-order valence-corrected chi connectivity index (χ1v) is 11.5. The van der Waals surface area contributed by atoms with E-state index in [9.17, 15) is 5.11 Å². The Morgan fingerprint density at radius 2 is 1.64 bits per heavy atom. The number of phenols is 1. The minimum Gasteiger partial charge on any atom is -0.507 e. The predicted molar refractivity (Wildman–Crippen MR) is 125 cm³/mol. The van der Waals surface area contributed by atoms with Crippen LogP contribution >= 0.6 is 0 Å². The van der Waals surface area contributed by atoms with Crippen LogP contribution in [-0.4, -0.2) is 68.2 Å². The number of aromatic hydroxyl groups is 1. The fourth-order valence-electron chi connectivity index (χ4n) is 4.74. The van der Waals surface area contributed by atoms with Gasteiger partial charge in [-0.15, -0.1) is 0 Å². The van der Waals surface area contributed by atoms with Crippen molar-refractivity contribution in [3.05, 3.63) is 30.0 Å². The molecule has 2 fully saturated rings. The van der Waals surface area contributed by atoms with Crippen LogP contribution in [0, 0.1) is 0 Å². The summed E-state index contributed by atoms with van der Waals surface area (Å²) in [5.74, 6) is 0.786. The van der Waals surface area contributed by atoms with E-state index in [4.69, 9.17) is 24.7 Å². The number of benzene rings is 1. The SMILES string of the molecule is COCO[C@H]1CN(c2ccc(O)c(-c3cc(C4CCCCC4)nc(N)n3)c2)C[C@@H]1OCOC. The number of methoxy groups -OCH3 is 2. The van der Waals surface area contributed by atoms with E-state index >= 15 is 0 Å². The lowest BCUT2D eigenvalue weighted by molar-refractivity contribution is -0.139. The van der Waals surface area contributed by atoms with E-state index in [2.05, 4.69) is 14.9 Å². The van der Waals surface area contributed by atoms with Crippen molar-refractivity contribution >= 4 is 11.6 Å². The molecule has 2 aromatic rings. The number of aromatic nitrogens is 2. The molecule has 0 radical (unpaired) electrons. The zero-order valence-electron chi connectivity index (χ0n) is 19.4. The third kappa shape index (κ3) is 5.73. The van der Waals surface area contributed by atoms with E-state index in [1.54, 1.807) is 20.3 Å². The molecule has 1 aromatic carbocycles. The van der Waals surface area contributed by atoms with Gasteiger partial charge in [-0.25, -0.2) is 9.97 Å². The molecule has 0 spiro atoms. The number of phenolic OH excluding ortho intramolecular Hbond substituents is 1. The summed E-state index contributed by atoms with van der Waals surface area (Å²) in [5, 5.41) is 10.7. The maximum Gasteiger partial charge on any atom is 0.220 e. The molecule has 2 aliphatic rings. The second-order valence-corrected chi connectivity index (χ2v) is 8.70. The molecule has 9 nitrogen and oxygen atoms in total. The van der Waals surface area contributed by atoms with Crippen molar-refractivity contribution in [2.45, 2.75) is 50.2 Å². The molecule has 3 N–H and O–H groups in total. The van der Waals surface area contributed by atoms with Crippen LogP contribution < -0.4 is 10.6 Å². The lowest BCUT2D eigenvalue weighted by Gasteiger charge is -2.22. The Balaban J connectivity index is 1.58. The molecule has 2 atom stereocenters. The van der Waals surface area contributed by atoms with Crippen molar-refractivity contribution in [2.75, 3.05) is 51.5 Å². The van der Waals surface area contributed by atoms with Gasteiger partial charge in [0.2, 0.25) is 5.95 Å². The molecular weight excluding hydrogens is 424 g/mol. The van der Waals surface area contributed by atoms with Gasteiger partial charge in [-0.3, -0.25) is 0 Å². The fourth-order valence-corrected chi connectivity index (χ4v) is 4.74. The van der Waals surface area contributed by atoms with Gasteiger partial charge in [0.15, 0.2) is 0 Å². The molecule has 9 heteroatoms. The van der Waals surface area contributed by atoms with Gasteiger partial charge >= 0.3 is 0 Å². The van der Waals surface area contributed by atoms with Crippen molar-refractivity contribution < 1.29 is 24.1 Å². The fraction of sp³-hybridized carbons (Fsp3) is 0.583. The van der Waals surface area contributed by atoms with Crippen LogP contribution in [0.15, 0.2) is 24.3 Å². The zero-order chi connectivity index (χ0) is 23.2. The average Bonchev–Trinajstić information content (AvgIpc) is 3.24. The number of rotatable bonds is 9. The Bertz CT molecular complexity index is 906. The predicted octanol–water partition coefficient (Wildman–Crippen LogP) is 3.28. The molecule has 180 valence electrons. The second-order valence-electron chi connectivity index (χ2n) is 8.70. The summed E-state index contributed by atoms with van der Waals surface area (Å²) in [6.07, 6.45) is 5.58. The second kappa shape index (κ2) is 11.1. The third-order valence-corrected chi connectivity index (χ3v) is 6.42. The summed E-state index contributed by atoms with van der Waals surface area (Å²) in [4.78, 5) is 11.1. The van der Waals surface area contributed by atoms with E-state index < -0.39 is 0 Å². The van der Waals surface area contributed by atoms with E-state index in [-0.39, 0.29) is 37.5 Å². The number of nitrogen functional groups attached to an aromatic ring is 1. The molecule has 1 saturated carbocycles. The monoisotopic (exact) mass is 458 g/mol. The van der Waals surface area contributed by atoms with E-state index in [1.807, 2.05) is 18.2 Å². The first-order valence-electron chi connectivity index (χ1n) is 11.5. The first-order chi connectivity index (χ1) is 16.1. The van der Waals surface area contributed by atoms with Gasteiger partial charge in [0.1, 0.15) is 31.5 Å². The molecule has 2 heterocycles. The number of nitrogens with two attached hydrogens (primary N) is 1. The Morgan fingerprint density at radius 1 is 0.970 bits per heavy atom. The van der Waals surface area contributed by atoms with Crippen LogP contribution in [0.5, 0.6) is 5.75 Å². The quantitative estimate of drug-likeness (QED) is 0.547. The first kappa shape index (κ1) is 23.7. The number of ether oxygens (including phenoxy) is 4. The highest BCUT2D eigenvalue weighted by molar-refractivity contribution is 5.73. The number of hydrogen-bond acceptors (Lipinski definition) is 9. The van der Waals surface area contributed by atoms with Gasteiger partial charge in [0, 0.05) is 50.2 Å².